The third-order valence-corrected chi connectivity index (χ3v) is 20.3. The van der Waals surface area contributed by atoms with Crippen molar-refractivity contribution >= 4 is 123 Å². The van der Waals surface area contributed by atoms with Crippen LogP contribution in [0.2, 0.25) is 0 Å². The molecule has 0 saturated carbocycles. The molecule has 0 aliphatic carbocycles. The highest BCUT2D eigenvalue weighted by atomic mass is 15.2. The van der Waals surface area contributed by atoms with E-state index in [1.165, 1.54) is 27.5 Å². The van der Waals surface area contributed by atoms with Gasteiger partial charge in [-0.15, -0.1) is 0 Å². The van der Waals surface area contributed by atoms with Crippen molar-refractivity contribution in [3.8, 4) is 34.3 Å². The summed E-state index contributed by atoms with van der Waals surface area (Å²) in [7, 11) is 0. The molecule has 0 amide bonds. The molecule has 0 saturated heterocycles. The van der Waals surface area contributed by atoms with Crippen LogP contribution in [0, 0.1) is 11.3 Å². The number of anilines is 6. The van der Waals surface area contributed by atoms with Crippen LogP contribution >= 0.6 is 0 Å². The quantitative estimate of drug-likeness (QED) is 0.156. The van der Waals surface area contributed by atoms with Gasteiger partial charge in [0.05, 0.1) is 61.0 Å². The standard InChI is InChI=1S/C89H77BN6/c1-86(2,3)57-35-43-77(68(46-57)55-24-14-13-15-25-55)96-82-53-63(93-78-44-36-58(87(4,5)6)47-69(78)70-48-59(88(7,8)9)37-45-79(70)93)40-42-72(82)90-71-41-39-62(92-73-30-20-16-26-64(73)65-27-17-21-31-74(65)92)52-81(71)94(83-49-60(89(10,11)12)50-84(96)85(83)90)61-38-34-56(54-91)80(51-61)95-75-32-22-18-28-66(75)67-29-19-23-33-76(67)95/h13-53H,1-12H3/i16D,17D,20D,21D,26D,27D,30D,31D. The first-order chi connectivity index (χ1) is 49.4. The molecule has 0 atom stereocenters. The van der Waals surface area contributed by atoms with Crippen LogP contribution in [0.5, 0.6) is 0 Å². The Kier molecular flexibility index (Phi) is 11.1. The smallest absolute Gasteiger partial charge is 0.252 e. The number of hydrogen-bond acceptors (Lipinski definition) is 3. The average molecular weight is 1250 g/mol. The van der Waals surface area contributed by atoms with E-state index in [0.717, 1.165) is 100 Å². The zero-order chi connectivity index (χ0) is 73.0. The van der Waals surface area contributed by atoms with Crippen molar-refractivity contribution in [3.05, 3.63) is 276 Å². The summed E-state index contributed by atoms with van der Waals surface area (Å²) >= 11 is 0. The Labute approximate surface area is 574 Å². The predicted octanol–water partition coefficient (Wildman–Crippen LogP) is 21.8. The van der Waals surface area contributed by atoms with Gasteiger partial charge in [0, 0.05) is 77.7 Å². The fourth-order valence-electron chi connectivity index (χ4n) is 15.3. The number of aromatic nitrogens is 3. The van der Waals surface area contributed by atoms with E-state index >= 15 is 0 Å². The second-order valence-corrected chi connectivity index (χ2v) is 30.4. The lowest BCUT2D eigenvalue weighted by atomic mass is 9.33. The second kappa shape index (κ2) is 21.1. The van der Waals surface area contributed by atoms with Crippen molar-refractivity contribution in [3.63, 3.8) is 0 Å². The molecule has 0 unspecified atom stereocenters. The van der Waals surface area contributed by atoms with Gasteiger partial charge in [-0.2, -0.15) is 5.26 Å². The molecule has 2 aliphatic rings. The SMILES string of the molecule is [2H]c1c([2H])c([2H])c2c(c1[2H])c1c([2H])c([2H])c([2H])c([2H])c1n2-c1ccc2c(c1)N(c1ccc(C#N)c(-n3c4ccccc4c4ccccc43)c1)c1cc(C(C)(C)C)cc3c1B2c1ccc(-n2c4ccc(C(C)(C)C)cc4c4cc(C(C)(C)C)ccc42)cc1N3c1ccc(C(C)(C)C)cc1-c1ccccc1. The van der Waals surface area contributed by atoms with Crippen LogP contribution in [0.3, 0.4) is 0 Å². The monoisotopic (exact) mass is 1250 g/mol. The maximum atomic E-state index is 11.4. The molecule has 5 heterocycles. The van der Waals surface area contributed by atoms with E-state index in [2.05, 4.69) is 260 Å². The zero-order valence-electron chi connectivity index (χ0n) is 64.3. The molecular formula is C89H77BN6. The van der Waals surface area contributed by atoms with Crippen molar-refractivity contribution in [1.82, 2.24) is 13.7 Å². The molecule has 0 fully saturated rings. The van der Waals surface area contributed by atoms with Gasteiger partial charge < -0.3 is 23.5 Å². The third kappa shape index (κ3) is 9.05. The topological polar surface area (TPSA) is 45.1 Å². The van der Waals surface area contributed by atoms with Gasteiger partial charge in [0.15, 0.2) is 0 Å². The summed E-state index contributed by atoms with van der Waals surface area (Å²) in [6, 6.07) is 70.9. The molecular weight excluding hydrogens is 1160 g/mol. The summed E-state index contributed by atoms with van der Waals surface area (Å²) in [4.78, 5) is 4.80. The van der Waals surface area contributed by atoms with Gasteiger partial charge in [0.2, 0.25) is 0 Å². The number of rotatable bonds is 6. The molecule has 7 heteroatoms. The first kappa shape index (κ1) is 50.7. The lowest BCUT2D eigenvalue weighted by Crippen LogP contribution is -2.61. The molecule has 0 radical (unpaired) electrons. The minimum Gasteiger partial charge on any atom is -0.311 e. The van der Waals surface area contributed by atoms with Crippen molar-refractivity contribution in [2.24, 2.45) is 0 Å². The van der Waals surface area contributed by atoms with E-state index in [0.29, 0.717) is 22.6 Å². The van der Waals surface area contributed by atoms with E-state index in [1.54, 1.807) is 4.57 Å². The molecule has 12 aromatic carbocycles. The lowest BCUT2D eigenvalue weighted by Gasteiger charge is -2.45. The van der Waals surface area contributed by atoms with Gasteiger partial charge >= 0.3 is 0 Å². The minimum atomic E-state index is -0.510. The Balaban J connectivity index is 1.03. The fraction of sp³-hybridized carbons (Fsp3) is 0.180. The Morgan fingerprint density at radius 2 is 0.781 bits per heavy atom. The lowest BCUT2D eigenvalue weighted by molar-refractivity contribution is 0.590. The van der Waals surface area contributed by atoms with E-state index < -0.39 is 48.4 Å². The highest BCUT2D eigenvalue weighted by Crippen LogP contribution is 2.51. The fourth-order valence-corrected chi connectivity index (χ4v) is 15.3. The third-order valence-electron chi connectivity index (χ3n) is 20.3. The summed E-state index contributed by atoms with van der Waals surface area (Å²) < 4.78 is 80.9. The summed E-state index contributed by atoms with van der Waals surface area (Å²) in [6.07, 6.45) is 0. The maximum absolute atomic E-state index is 11.4. The Hall–Kier alpha value is -10.8. The van der Waals surface area contributed by atoms with Crippen molar-refractivity contribution in [2.75, 3.05) is 9.80 Å². The molecule has 3 aromatic heterocycles. The van der Waals surface area contributed by atoms with Gasteiger partial charge in [0.25, 0.3) is 6.71 Å². The molecule has 6 nitrogen and oxygen atoms in total. The molecule has 0 N–H and O–H groups in total. The summed E-state index contributed by atoms with van der Waals surface area (Å²) in [6.45, 7) is 26.7. The van der Waals surface area contributed by atoms with Gasteiger partial charge in [-0.1, -0.05) is 216 Å². The number of nitrogens with zero attached hydrogens (tertiary/aromatic N) is 6. The van der Waals surface area contributed by atoms with Crippen LogP contribution in [0.4, 0.5) is 34.1 Å². The number of fused-ring (bicyclic) bond motifs is 13. The molecule has 0 spiro atoms. The maximum Gasteiger partial charge on any atom is 0.252 e. The number of hydrogen-bond donors (Lipinski definition) is 0. The first-order valence-corrected chi connectivity index (χ1v) is 33.3. The highest BCUT2D eigenvalue weighted by Gasteiger charge is 2.45. The van der Waals surface area contributed by atoms with Crippen LogP contribution in [0.15, 0.2) is 249 Å². The number of nitriles is 1. The van der Waals surface area contributed by atoms with Crippen LogP contribution < -0.4 is 26.2 Å². The number of benzene rings is 12. The summed E-state index contributed by atoms with van der Waals surface area (Å²) in [5.41, 5.74) is 20.8. The Morgan fingerprint density at radius 3 is 1.32 bits per heavy atom. The minimum absolute atomic E-state index is 0.00432. The van der Waals surface area contributed by atoms with Crippen molar-refractivity contribution < 1.29 is 11.0 Å². The van der Waals surface area contributed by atoms with Crippen LogP contribution in [0.25, 0.3) is 93.6 Å². The molecule has 466 valence electrons. The summed E-state index contributed by atoms with van der Waals surface area (Å²) in [5.74, 6) is 0. The zero-order valence-corrected chi connectivity index (χ0v) is 56.3. The van der Waals surface area contributed by atoms with Gasteiger partial charge in [-0.25, -0.2) is 0 Å². The molecule has 17 rings (SSSR count). The molecule has 96 heavy (non-hydrogen) atoms. The van der Waals surface area contributed by atoms with Crippen LogP contribution in [-0.4, -0.2) is 20.4 Å². The van der Waals surface area contributed by atoms with E-state index in [1.807, 2.05) is 48.5 Å². The van der Waals surface area contributed by atoms with Crippen molar-refractivity contribution in [2.45, 2.75) is 105 Å². The van der Waals surface area contributed by atoms with E-state index in [9.17, 15) is 10.7 Å². The number of para-hydroxylation sites is 4. The van der Waals surface area contributed by atoms with Crippen LogP contribution in [0.1, 0.15) is 122 Å². The van der Waals surface area contributed by atoms with E-state index in [-0.39, 0.29) is 50.1 Å². The van der Waals surface area contributed by atoms with E-state index in [4.69, 9.17) is 5.48 Å². The first-order valence-electron chi connectivity index (χ1n) is 37.3. The molecule has 15 aromatic rings. The Morgan fingerprint density at radius 1 is 0.333 bits per heavy atom. The van der Waals surface area contributed by atoms with Gasteiger partial charge in [-0.3, -0.25) is 0 Å². The predicted molar refractivity (Wildman–Crippen MR) is 408 cm³/mol. The van der Waals surface area contributed by atoms with Crippen LogP contribution in [-0.2, 0) is 21.7 Å². The van der Waals surface area contributed by atoms with Gasteiger partial charge in [-0.05, 0) is 181 Å². The average Bonchev–Trinajstić information content (AvgIpc) is 1.18. The van der Waals surface area contributed by atoms with Crippen molar-refractivity contribution in [1.29, 1.82) is 5.26 Å². The van der Waals surface area contributed by atoms with Gasteiger partial charge in [0.1, 0.15) is 6.07 Å². The summed E-state index contributed by atoms with van der Waals surface area (Å²) in [5, 5.41) is 15.8. The largest absolute Gasteiger partial charge is 0.311 e. The normalized spacial score (nSPS) is 14.5. The Bertz CT molecular complexity index is 6100. The second-order valence-electron chi connectivity index (χ2n) is 30.4. The molecule has 2 aliphatic heterocycles. The molecule has 0 bridgehead atoms. The highest BCUT2D eigenvalue weighted by molar-refractivity contribution is 7.00.